The second kappa shape index (κ2) is 25.6. The molecule has 0 aliphatic heterocycles. The molecule has 4 nitrogen and oxygen atoms in total. The van der Waals surface area contributed by atoms with Crippen molar-refractivity contribution >= 4 is 11.9 Å². The molecule has 0 saturated heterocycles. The molecule has 196 valence electrons. The summed E-state index contributed by atoms with van der Waals surface area (Å²) in [6, 6.07) is 0. The summed E-state index contributed by atoms with van der Waals surface area (Å²) >= 11 is 0. The molecule has 1 unspecified atom stereocenters. The van der Waals surface area contributed by atoms with Gasteiger partial charge in [0.25, 0.3) is 0 Å². The molecule has 0 aromatic heterocycles. The number of esters is 2. The van der Waals surface area contributed by atoms with Crippen molar-refractivity contribution in [3.8, 4) is 0 Å². The van der Waals surface area contributed by atoms with Crippen molar-refractivity contribution in [1.29, 1.82) is 0 Å². The average molecular weight is 469 g/mol. The van der Waals surface area contributed by atoms with Crippen LogP contribution in [-0.4, -0.2) is 25.2 Å². The van der Waals surface area contributed by atoms with Crippen LogP contribution in [0.2, 0.25) is 0 Å². The number of carbonyl (C=O) groups is 2. The van der Waals surface area contributed by atoms with Gasteiger partial charge in [-0.25, -0.2) is 0 Å². The molecular formula is C29H56O4. The van der Waals surface area contributed by atoms with E-state index in [9.17, 15) is 9.59 Å². The Morgan fingerprint density at radius 1 is 0.545 bits per heavy atom. The molecule has 0 amide bonds. The smallest absolute Gasteiger partial charge is 0.305 e. The lowest BCUT2D eigenvalue weighted by Gasteiger charge is -2.09. The van der Waals surface area contributed by atoms with Crippen LogP contribution in [0, 0.1) is 5.92 Å². The third-order valence-electron chi connectivity index (χ3n) is 6.50. The summed E-state index contributed by atoms with van der Waals surface area (Å²) < 4.78 is 10.6. The first kappa shape index (κ1) is 31.9. The highest BCUT2D eigenvalue weighted by atomic mass is 16.5. The highest BCUT2D eigenvalue weighted by molar-refractivity contribution is 5.69. The van der Waals surface area contributed by atoms with Crippen LogP contribution in [0.1, 0.15) is 156 Å². The highest BCUT2D eigenvalue weighted by Gasteiger charge is 2.07. The number of rotatable bonds is 25. The Hall–Kier alpha value is -1.06. The van der Waals surface area contributed by atoms with E-state index >= 15 is 0 Å². The number of carbonyl (C=O) groups excluding carboxylic acids is 2. The summed E-state index contributed by atoms with van der Waals surface area (Å²) in [5.74, 6) is 0.207. The molecule has 0 bridgehead atoms. The fourth-order valence-electron chi connectivity index (χ4n) is 3.87. The van der Waals surface area contributed by atoms with E-state index in [-0.39, 0.29) is 11.9 Å². The number of hydrogen-bond acceptors (Lipinski definition) is 4. The van der Waals surface area contributed by atoms with Crippen LogP contribution in [0.25, 0.3) is 0 Å². The van der Waals surface area contributed by atoms with E-state index in [1.807, 2.05) is 0 Å². The van der Waals surface area contributed by atoms with E-state index in [4.69, 9.17) is 9.47 Å². The van der Waals surface area contributed by atoms with Crippen LogP contribution >= 0.6 is 0 Å². The Bertz CT molecular complexity index is 435. The van der Waals surface area contributed by atoms with Gasteiger partial charge in [-0.2, -0.15) is 0 Å². The van der Waals surface area contributed by atoms with Gasteiger partial charge < -0.3 is 9.47 Å². The standard InChI is InChI=1S/C29H56O4/c1-4-6-7-8-9-10-11-12-13-14-15-16-17-18-22-25-32-28(30)23-20-19-21-24-29(31)33-26-27(3)5-2/h27H,4-26H2,1-3H3. The molecule has 0 aromatic carbocycles. The van der Waals surface area contributed by atoms with Crippen LogP contribution in [0.4, 0.5) is 0 Å². The maximum atomic E-state index is 11.8. The summed E-state index contributed by atoms with van der Waals surface area (Å²) in [6.07, 6.45) is 24.5. The molecule has 0 rings (SSSR count). The van der Waals surface area contributed by atoms with E-state index in [1.165, 1.54) is 83.5 Å². The Morgan fingerprint density at radius 3 is 1.39 bits per heavy atom. The van der Waals surface area contributed by atoms with Gasteiger partial charge in [0.1, 0.15) is 0 Å². The van der Waals surface area contributed by atoms with Gasteiger partial charge in [-0.05, 0) is 25.2 Å². The third kappa shape index (κ3) is 25.4. The Balaban J connectivity index is 3.25. The molecule has 1 atom stereocenters. The quantitative estimate of drug-likeness (QED) is 0.0991. The zero-order valence-corrected chi connectivity index (χ0v) is 22.5. The predicted octanol–water partition coefficient (Wildman–Crippen LogP) is 8.94. The maximum Gasteiger partial charge on any atom is 0.305 e. The van der Waals surface area contributed by atoms with Gasteiger partial charge in [0.2, 0.25) is 0 Å². The van der Waals surface area contributed by atoms with E-state index in [0.29, 0.717) is 32.0 Å². The topological polar surface area (TPSA) is 52.6 Å². The zero-order chi connectivity index (χ0) is 24.4. The average Bonchev–Trinajstić information content (AvgIpc) is 2.81. The van der Waals surface area contributed by atoms with Gasteiger partial charge in [-0.3, -0.25) is 9.59 Å². The third-order valence-corrected chi connectivity index (χ3v) is 6.50. The van der Waals surface area contributed by atoms with Crippen molar-refractivity contribution < 1.29 is 19.1 Å². The Morgan fingerprint density at radius 2 is 0.939 bits per heavy atom. The number of unbranched alkanes of at least 4 members (excludes halogenated alkanes) is 16. The normalized spacial score (nSPS) is 12.0. The molecule has 0 aliphatic carbocycles. The molecule has 0 radical (unpaired) electrons. The lowest BCUT2D eigenvalue weighted by atomic mass is 10.0. The van der Waals surface area contributed by atoms with Crippen molar-refractivity contribution in [2.24, 2.45) is 5.92 Å². The highest BCUT2D eigenvalue weighted by Crippen LogP contribution is 2.13. The summed E-state index contributed by atoms with van der Waals surface area (Å²) in [6.45, 7) is 7.52. The Labute approximate surface area is 206 Å². The van der Waals surface area contributed by atoms with Gasteiger partial charge in [0, 0.05) is 12.8 Å². The fraction of sp³-hybridized carbons (Fsp3) is 0.931. The predicted molar refractivity (Wildman–Crippen MR) is 139 cm³/mol. The van der Waals surface area contributed by atoms with Crippen molar-refractivity contribution in [1.82, 2.24) is 0 Å². The first-order valence-electron chi connectivity index (χ1n) is 14.4. The van der Waals surface area contributed by atoms with Crippen LogP contribution in [0.15, 0.2) is 0 Å². The van der Waals surface area contributed by atoms with Crippen LogP contribution in [0.3, 0.4) is 0 Å². The minimum absolute atomic E-state index is 0.0975. The van der Waals surface area contributed by atoms with Crippen LogP contribution in [-0.2, 0) is 19.1 Å². The molecular weight excluding hydrogens is 412 g/mol. The summed E-state index contributed by atoms with van der Waals surface area (Å²) in [7, 11) is 0. The van der Waals surface area contributed by atoms with E-state index in [1.54, 1.807) is 0 Å². The summed E-state index contributed by atoms with van der Waals surface area (Å²) in [5, 5.41) is 0. The number of hydrogen-bond donors (Lipinski definition) is 0. The van der Waals surface area contributed by atoms with Gasteiger partial charge >= 0.3 is 11.9 Å². The second-order valence-corrected chi connectivity index (χ2v) is 9.93. The molecule has 0 heterocycles. The van der Waals surface area contributed by atoms with Gasteiger partial charge in [0.15, 0.2) is 0 Å². The van der Waals surface area contributed by atoms with Crippen molar-refractivity contribution in [2.75, 3.05) is 13.2 Å². The molecule has 4 heteroatoms. The Kier molecular flexibility index (Phi) is 24.7. The van der Waals surface area contributed by atoms with Gasteiger partial charge in [0.05, 0.1) is 13.2 Å². The maximum absolute atomic E-state index is 11.8. The minimum Gasteiger partial charge on any atom is -0.466 e. The van der Waals surface area contributed by atoms with Crippen LogP contribution < -0.4 is 0 Å². The monoisotopic (exact) mass is 468 g/mol. The van der Waals surface area contributed by atoms with Crippen molar-refractivity contribution in [3.05, 3.63) is 0 Å². The van der Waals surface area contributed by atoms with E-state index < -0.39 is 0 Å². The largest absolute Gasteiger partial charge is 0.466 e. The van der Waals surface area contributed by atoms with Crippen LogP contribution in [0.5, 0.6) is 0 Å². The minimum atomic E-state index is -0.119. The zero-order valence-electron chi connectivity index (χ0n) is 22.5. The van der Waals surface area contributed by atoms with Gasteiger partial charge in [-0.1, -0.05) is 124 Å². The molecule has 0 aliphatic rings. The lowest BCUT2D eigenvalue weighted by molar-refractivity contribution is -0.145. The molecule has 0 aromatic rings. The van der Waals surface area contributed by atoms with Crippen molar-refractivity contribution in [3.63, 3.8) is 0 Å². The molecule has 0 fully saturated rings. The summed E-state index contributed by atoms with van der Waals surface area (Å²) in [5.41, 5.74) is 0. The fourth-order valence-corrected chi connectivity index (χ4v) is 3.87. The van der Waals surface area contributed by atoms with E-state index in [0.717, 1.165) is 38.5 Å². The lowest BCUT2D eigenvalue weighted by Crippen LogP contribution is -2.11. The number of ether oxygens (including phenoxy) is 2. The molecule has 0 N–H and O–H groups in total. The second-order valence-electron chi connectivity index (χ2n) is 9.93. The van der Waals surface area contributed by atoms with Crippen molar-refractivity contribution in [2.45, 2.75) is 156 Å². The first-order chi connectivity index (χ1) is 16.1. The SMILES string of the molecule is CCCCCCCCCCCCCCCCCOC(=O)CCCCCC(=O)OCC(C)CC. The first-order valence-corrected chi connectivity index (χ1v) is 14.4. The molecule has 0 saturated carbocycles. The summed E-state index contributed by atoms with van der Waals surface area (Å²) in [4.78, 5) is 23.4. The molecule has 33 heavy (non-hydrogen) atoms. The van der Waals surface area contributed by atoms with E-state index in [2.05, 4.69) is 20.8 Å². The molecule has 0 spiro atoms. The van der Waals surface area contributed by atoms with Gasteiger partial charge in [-0.15, -0.1) is 0 Å².